The summed E-state index contributed by atoms with van der Waals surface area (Å²) in [4.78, 5) is 15.7. The van der Waals surface area contributed by atoms with Crippen molar-refractivity contribution in [2.24, 2.45) is 0 Å². The molecule has 2 heterocycles. The van der Waals surface area contributed by atoms with Gasteiger partial charge in [-0.2, -0.15) is 4.98 Å². The summed E-state index contributed by atoms with van der Waals surface area (Å²) in [6.07, 6.45) is 1.64. The third kappa shape index (κ3) is 2.39. The average molecular weight is 287 g/mol. The molecule has 0 saturated carbocycles. The topological polar surface area (TPSA) is 54.5 Å². The second kappa shape index (κ2) is 4.56. The molecule has 102 valence electrons. The van der Waals surface area contributed by atoms with Gasteiger partial charge in [-0.3, -0.25) is 0 Å². The summed E-state index contributed by atoms with van der Waals surface area (Å²) < 4.78 is 0. The normalized spacial score (nSPS) is 12.0. The Kier molecular flexibility index (Phi) is 2.98. The van der Waals surface area contributed by atoms with Gasteiger partial charge >= 0.3 is 0 Å². The number of nitrogens with one attached hydrogen (secondary N) is 1. The number of halogens is 1. The van der Waals surface area contributed by atoms with E-state index in [0.717, 1.165) is 16.9 Å². The predicted octanol–water partition coefficient (Wildman–Crippen LogP) is 3.97. The van der Waals surface area contributed by atoms with Crippen LogP contribution in [0.25, 0.3) is 22.6 Å². The number of aromatic nitrogens is 4. The van der Waals surface area contributed by atoms with E-state index in [-0.39, 0.29) is 10.7 Å². The Bertz CT molecular complexity index is 754. The predicted molar refractivity (Wildman–Crippen MR) is 80.8 cm³/mol. The van der Waals surface area contributed by atoms with Crippen LogP contribution in [0, 0.1) is 0 Å². The molecule has 2 aromatic heterocycles. The standard InChI is InChI=1S/C15H15ClN4/c1-15(2,3)10-6-4-9(5-7-10)12-18-11-8-17-14(16)20-13(11)19-12/h4-8H,1-3H3,(H,17,18,19,20). The first-order valence-electron chi connectivity index (χ1n) is 6.43. The summed E-state index contributed by atoms with van der Waals surface area (Å²) in [5, 5.41) is 0.207. The molecule has 0 aliphatic heterocycles. The lowest BCUT2D eigenvalue weighted by Crippen LogP contribution is -2.10. The molecule has 0 bridgehead atoms. The number of H-pyrrole nitrogens is 1. The van der Waals surface area contributed by atoms with Gasteiger partial charge in [-0.1, -0.05) is 45.0 Å². The van der Waals surface area contributed by atoms with E-state index in [4.69, 9.17) is 11.6 Å². The molecule has 1 N–H and O–H groups in total. The van der Waals surface area contributed by atoms with Gasteiger partial charge in [0, 0.05) is 5.56 Å². The van der Waals surface area contributed by atoms with Gasteiger partial charge in [0.1, 0.15) is 11.3 Å². The maximum absolute atomic E-state index is 5.77. The third-order valence-electron chi connectivity index (χ3n) is 3.23. The molecule has 0 atom stereocenters. The fourth-order valence-electron chi connectivity index (χ4n) is 2.05. The lowest BCUT2D eigenvalue weighted by atomic mass is 9.87. The van der Waals surface area contributed by atoms with E-state index < -0.39 is 0 Å². The first-order valence-corrected chi connectivity index (χ1v) is 6.80. The first-order chi connectivity index (χ1) is 9.43. The zero-order valence-corrected chi connectivity index (χ0v) is 12.4. The molecule has 0 unspecified atom stereocenters. The fourth-order valence-corrected chi connectivity index (χ4v) is 2.18. The summed E-state index contributed by atoms with van der Waals surface area (Å²) in [6.45, 7) is 6.59. The Hall–Kier alpha value is -1.94. The molecule has 0 spiro atoms. The van der Waals surface area contributed by atoms with Crippen LogP contribution < -0.4 is 0 Å². The average Bonchev–Trinajstić information content (AvgIpc) is 2.80. The number of fused-ring (bicyclic) bond motifs is 1. The van der Waals surface area contributed by atoms with Gasteiger partial charge in [0.25, 0.3) is 0 Å². The van der Waals surface area contributed by atoms with Gasteiger partial charge < -0.3 is 4.98 Å². The Balaban J connectivity index is 2.02. The van der Waals surface area contributed by atoms with Gasteiger partial charge in [-0.25, -0.2) is 9.97 Å². The van der Waals surface area contributed by atoms with Crippen molar-refractivity contribution in [1.29, 1.82) is 0 Å². The SMILES string of the molecule is CC(C)(C)c1ccc(-c2nc3nc(Cl)ncc3[nH]2)cc1. The first kappa shape index (κ1) is 13.1. The summed E-state index contributed by atoms with van der Waals surface area (Å²) in [5.74, 6) is 0.775. The molecule has 0 amide bonds. The van der Waals surface area contributed by atoms with Crippen molar-refractivity contribution in [3.63, 3.8) is 0 Å². The monoisotopic (exact) mass is 286 g/mol. The summed E-state index contributed by atoms with van der Waals surface area (Å²) in [5.41, 5.74) is 3.82. The van der Waals surface area contributed by atoms with Crippen LogP contribution in [0.2, 0.25) is 5.28 Å². The Morgan fingerprint density at radius 3 is 2.40 bits per heavy atom. The zero-order chi connectivity index (χ0) is 14.3. The van der Waals surface area contributed by atoms with E-state index in [1.807, 2.05) is 0 Å². The number of hydrogen-bond donors (Lipinski definition) is 1. The van der Waals surface area contributed by atoms with Crippen LogP contribution in [0.15, 0.2) is 30.5 Å². The van der Waals surface area contributed by atoms with Crippen LogP contribution in [0.3, 0.4) is 0 Å². The van der Waals surface area contributed by atoms with Crippen molar-refractivity contribution in [1.82, 2.24) is 19.9 Å². The molecule has 3 aromatic rings. The minimum Gasteiger partial charge on any atom is -0.335 e. The fraction of sp³-hybridized carbons (Fsp3) is 0.267. The summed E-state index contributed by atoms with van der Waals surface area (Å²) in [6, 6.07) is 8.38. The molecule has 0 fully saturated rings. The Morgan fingerprint density at radius 2 is 1.75 bits per heavy atom. The van der Waals surface area contributed by atoms with Crippen molar-refractivity contribution in [2.45, 2.75) is 26.2 Å². The van der Waals surface area contributed by atoms with E-state index >= 15 is 0 Å². The maximum atomic E-state index is 5.77. The van der Waals surface area contributed by atoms with Crippen molar-refractivity contribution >= 4 is 22.8 Å². The quantitative estimate of drug-likeness (QED) is 0.689. The van der Waals surface area contributed by atoms with Gasteiger partial charge in [-0.05, 0) is 22.6 Å². The molecule has 20 heavy (non-hydrogen) atoms. The number of imidazole rings is 1. The minimum absolute atomic E-state index is 0.144. The van der Waals surface area contributed by atoms with Crippen molar-refractivity contribution in [3.8, 4) is 11.4 Å². The minimum atomic E-state index is 0.144. The number of nitrogens with zero attached hydrogens (tertiary/aromatic N) is 3. The largest absolute Gasteiger partial charge is 0.335 e. The maximum Gasteiger partial charge on any atom is 0.224 e. The lowest BCUT2D eigenvalue weighted by molar-refractivity contribution is 0.590. The van der Waals surface area contributed by atoms with Gasteiger partial charge in [-0.15, -0.1) is 0 Å². The van der Waals surface area contributed by atoms with E-state index in [0.29, 0.717) is 5.65 Å². The molecule has 0 saturated heterocycles. The van der Waals surface area contributed by atoms with Crippen LogP contribution in [-0.2, 0) is 5.41 Å². The highest BCUT2D eigenvalue weighted by Gasteiger charge is 2.14. The molecule has 0 radical (unpaired) electrons. The number of rotatable bonds is 1. The Labute approximate surface area is 122 Å². The highest BCUT2D eigenvalue weighted by Crippen LogP contribution is 2.25. The Morgan fingerprint density at radius 1 is 1.05 bits per heavy atom. The van der Waals surface area contributed by atoms with Crippen LogP contribution >= 0.6 is 11.6 Å². The van der Waals surface area contributed by atoms with E-state index in [2.05, 4.69) is 65.0 Å². The smallest absolute Gasteiger partial charge is 0.224 e. The number of benzene rings is 1. The van der Waals surface area contributed by atoms with Gasteiger partial charge in [0.05, 0.1) is 6.20 Å². The van der Waals surface area contributed by atoms with E-state index in [9.17, 15) is 0 Å². The van der Waals surface area contributed by atoms with Crippen LogP contribution in [0.5, 0.6) is 0 Å². The highest BCUT2D eigenvalue weighted by atomic mass is 35.5. The zero-order valence-electron chi connectivity index (χ0n) is 11.6. The van der Waals surface area contributed by atoms with Crippen molar-refractivity contribution in [3.05, 3.63) is 41.3 Å². The lowest BCUT2D eigenvalue weighted by Gasteiger charge is -2.18. The second-order valence-electron chi connectivity index (χ2n) is 5.79. The number of aromatic amines is 1. The van der Waals surface area contributed by atoms with Crippen molar-refractivity contribution in [2.75, 3.05) is 0 Å². The van der Waals surface area contributed by atoms with Crippen molar-refractivity contribution < 1.29 is 0 Å². The van der Waals surface area contributed by atoms with Gasteiger partial charge in [0.15, 0.2) is 5.65 Å². The molecule has 0 aliphatic carbocycles. The highest BCUT2D eigenvalue weighted by molar-refractivity contribution is 6.28. The molecule has 1 aromatic carbocycles. The molecular weight excluding hydrogens is 272 g/mol. The van der Waals surface area contributed by atoms with Crippen LogP contribution in [0.4, 0.5) is 0 Å². The summed E-state index contributed by atoms with van der Waals surface area (Å²) >= 11 is 5.77. The molecule has 5 heteroatoms. The van der Waals surface area contributed by atoms with E-state index in [1.165, 1.54) is 5.56 Å². The molecule has 4 nitrogen and oxygen atoms in total. The number of hydrogen-bond acceptors (Lipinski definition) is 3. The van der Waals surface area contributed by atoms with Gasteiger partial charge in [0.2, 0.25) is 5.28 Å². The molecule has 3 rings (SSSR count). The molecule has 0 aliphatic rings. The van der Waals surface area contributed by atoms with E-state index in [1.54, 1.807) is 6.20 Å². The van der Waals surface area contributed by atoms with Crippen LogP contribution in [0.1, 0.15) is 26.3 Å². The molecular formula is C15H15ClN4. The summed E-state index contributed by atoms with van der Waals surface area (Å²) in [7, 11) is 0. The second-order valence-corrected chi connectivity index (χ2v) is 6.13. The third-order valence-corrected chi connectivity index (χ3v) is 3.42. The van der Waals surface area contributed by atoms with Crippen LogP contribution in [-0.4, -0.2) is 19.9 Å².